The molecule has 2 aromatic rings. The Kier molecular flexibility index (Phi) is 4.20. The van der Waals surface area contributed by atoms with E-state index in [9.17, 15) is 9.90 Å². The zero-order valence-electron chi connectivity index (χ0n) is 11.5. The van der Waals surface area contributed by atoms with E-state index in [0.717, 1.165) is 16.7 Å². The van der Waals surface area contributed by atoms with Crippen LogP contribution in [-0.4, -0.2) is 38.3 Å². The molecule has 2 rings (SSSR count). The third-order valence-electron chi connectivity index (χ3n) is 3.00. The van der Waals surface area contributed by atoms with Gasteiger partial charge in [0.2, 0.25) is 0 Å². The largest absolute Gasteiger partial charge is 0.477 e. The SMILES string of the molecule is Cc1c(C(=O)O)sc2ncnc(NC(C)CC(C)O)c12. The first-order valence-electron chi connectivity index (χ1n) is 6.32. The predicted molar refractivity (Wildman–Crippen MR) is 78.5 cm³/mol. The molecule has 0 aliphatic heterocycles. The Bertz CT molecular complexity index is 639. The molecule has 0 saturated heterocycles. The summed E-state index contributed by atoms with van der Waals surface area (Å²) < 4.78 is 0. The zero-order valence-corrected chi connectivity index (χ0v) is 12.4. The van der Waals surface area contributed by atoms with E-state index in [1.165, 1.54) is 6.33 Å². The van der Waals surface area contributed by atoms with Crippen molar-refractivity contribution in [1.29, 1.82) is 0 Å². The maximum Gasteiger partial charge on any atom is 0.346 e. The van der Waals surface area contributed by atoms with Crippen LogP contribution in [0.4, 0.5) is 5.82 Å². The lowest BCUT2D eigenvalue weighted by molar-refractivity contribution is 0.0701. The smallest absolute Gasteiger partial charge is 0.346 e. The van der Waals surface area contributed by atoms with E-state index in [1.54, 1.807) is 13.8 Å². The van der Waals surface area contributed by atoms with Crippen molar-refractivity contribution in [2.75, 3.05) is 5.32 Å². The number of aliphatic hydroxyl groups is 1. The Balaban J connectivity index is 2.41. The summed E-state index contributed by atoms with van der Waals surface area (Å²) in [6.45, 7) is 5.43. The normalized spacial score (nSPS) is 14.2. The number of hydrogen-bond acceptors (Lipinski definition) is 6. The number of anilines is 1. The highest BCUT2D eigenvalue weighted by atomic mass is 32.1. The molecule has 2 atom stereocenters. The second kappa shape index (κ2) is 5.72. The summed E-state index contributed by atoms with van der Waals surface area (Å²) in [5, 5.41) is 22.5. The molecule has 0 aliphatic rings. The van der Waals surface area contributed by atoms with E-state index in [2.05, 4.69) is 15.3 Å². The van der Waals surface area contributed by atoms with Gasteiger partial charge in [0, 0.05) is 6.04 Å². The molecule has 3 N–H and O–H groups in total. The molecule has 2 unspecified atom stereocenters. The first-order chi connectivity index (χ1) is 9.40. The van der Waals surface area contributed by atoms with Crippen LogP contribution < -0.4 is 5.32 Å². The summed E-state index contributed by atoms with van der Waals surface area (Å²) in [6, 6.07) is 0.0284. The zero-order chi connectivity index (χ0) is 14.9. The van der Waals surface area contributed by atoms with Crippen molar-refractivity contribution < 1.29 is 15.0 Å². The highest BCUT2D eigenvalue weighted by Crippen LogP contribution is 2.33. The van der Waals surface area contributed by atoms with Gasteiger partial charge in [0.1, 0.15) is 21.9 Å². The van der Waals surface area contributed by atoms with Crippen molar-refractivity contribution in [3.05, 3.63) is 16.8 Å². The van der Waals surface area contributed by atoms with Crippen LogP contribution in [-0.2, 0) is 0 Å². The number of aryl methyl sites for hydroxylation is 1. The quantitative estimate of drug-likeness (QED) is 0.783. The summed E-state index contributed by atoms with van der Waals surface area (Å²) >= 11 is 1.15. The maximum atomic E-state index is 11.2. The fraction of sp³-hybridized carbons (Fsp3) is 0.462. The van der Waals surface area contributed by atoms with Crippen LogP contribution in [0.2, 0.25) is 0 Å². The molecule has 0 spiro atoms. The Labute approximate surface area is 120 Å². The average Bonchev–Trinajstić information content (AvgIpc) is 2.67. The number of nitrogens with one attached hydrogen (secondary N) is 1. The van der Waals surface area contributed by atoms with Gasteiger partial charge in [-0.25, -0.2) is 14.8 Å². The number of carbonyl (C=O) groups is 1. The summed E-state index contributed by atoms with van der Waals surface area (Å²) in [6.07, 6.45) is 1.59. The van der Waals surface area contributed by atoms with Gasteiger partial charge >= 0.3 is 5.97 Å². The Morgan fingerprint density at radius 3 is 2.75 bits per heavy atom. The molecular formula is C13H17N3O3S. The van der Waals surface area contributed by atoms with Gasteiger partial charge in [-0.15, -0.1) is 11.3 Å². The van der Waals surface area contributed by atoms with Crippen LogP contribution in [0.5, 0.6) is 0 Å². The topological polar surface area (TPSA) is 95.3 Å². The van der Waals surface area contributed by atoms with E-state index in [-0.39, 0.29) is 10.9 Å². The van der Waals surface area contributed by atoms with E-state index in [0.29, 0.717) is 22.6 Å². The number of aliphatic hydroxyl groups excluding tert-OH is 1. The second-order valence-electron chi connectivity index (χ2n) is 4.89. The van der Waals surface area contributed by atoms with E-state index in [1.807, 2.05) is 6.92 Å². The van der Waals surface area contributed by atoms with Crippen molar-refractivity contribution >= 4 is 33.3 Å². The minimum Gasteiger partial charge on any atom is -0.477 e. The van der Waals surface area contributed by atoms with E-state index in [4.69, 9.17) is 5.11 Å². The van der Waals surface area contributed by atoms with Gasteiger partial charge in [0.05, 0.1) is 11.5 Å². The monoisotopic (exact) mass is 295 g/mol. The second-order valence-corrected chi connectivity index (χ2v) is 5.89. The first-order valence-corrected chi connectivity index (χ1v) is 7.13. The van der Waals surface area contributed by atoms with Crippen molar-refractivity contribution in [2.45, 2.75) is 39.3 Å². The van der Waals surface area contributed by atoms with Gasteiger partial charge in [-0.3, -0.25) is 0 Å². The van der Waals surface area contributed by atoms with Crippen molar-refractivity contribution in [1.82, 2.24) is 9.97 Å². The average molecular weight is 295 g/mol. The number of rotatable bonds is 5. The maximum absolute atomic E-state index is 11.2. The van der Waals surface area contributed by atoms with Gasteiger partial charge in [-0.2, -0.15) is 0 Å². The number of thiophene rings is 1. The summed E-state index contributed by atoms with van der Waals surface area (Å²) in [5.74, 6) is -0.335. The summed E-state index contributed by atoms with van der Waals surface area (Å²) in [7, 11) is 0. The molecule has 108 valence electrons. The standard InChI is InChI=1S/C13H17N3O3S/c1-6(4-7(2)17)16-11-9-8(3)10(13(18)19)20-12(9)15-5-14-11/h5-7,17H,4H2,1-3H3,(H,18,19)(H,14,15,16). The number of aromatic carboxylic acids is 1. The number of carboxylic acid groups (broad SMARTS) is 1. The molecule has 0 saturated carbocycles. The van der Waals surface area contributed by atoms with Crippen molar-refractivity contribution in [2.24, 2.45) is 0 Å². The predicted octanol–water partition coefficient (Wildman–Crippen LogP) is 2.27. The lowest BCUT2D eigenvalue weighted by Gasteiger charge is -2.16. The fourth-order valence-corrected chi connectivity index (χ4v) is 3.18. The number of carboxylic acids is 1. The van der Waals surface area contributed by atoms with Crippen LogP contribution >= 0.6 is 11.3 Å². The number of nitrogens with zero attached hydrogens (tertiary/aromatic N) is 2. The molecule has 7 heteroatoms. The van der Waals surface area contributed by atoms with Crippen LogP contribution in [0.25, 0.3) is 10.2 Å². The molecule has 0 fully saturated rings. The molecule has 2 heterocycles. The van der Waals surface area contributed by atoms with Gasteiger partial charge in [-0.1, -0.05) is 0 Å². The lowest BCUT2D eigenvalue weighted by Crippen LogP contribution is -2.21. The summed E-state index contributed by atoms with van der Waals surface area (Å²) in [4.78, 5) is 20.4. The first kappa shape index (κ1) is 14.7. The number of fused-ring (bicyclic) bond motifs is 1. The molecule has 0 bridgehead atoms. The Morgan fingerprint density at radius 2 is 2.15 bits per heavy atom. The molecule has 6 nitrogen and oxygen atoms in total. The van der Waals surface area contributed by atoms with Crippen LogP contribution in [0.3, 0.4) is 0 Å². The molecule has 0 radical (unpaired) electrons. The van der Waals surface area contributed by atoms with Crippen LogP contribution in [0, 0.1) is 6.92 Å². The third kappa shape index (κ3) is 2.88. The summed E-state index contributed by atoms with van der Waals surface area (Å²) in [5.41, 5.74) is 0.671. The highest BCUT2D eigenvalue weighted by molar-refractivity contribution is 7.20. The molecule has 0 amide bonds. The number of aromatic nitrogens is 2. The molecule has 20 heavy (non-hydrogen) atoms. The fourth-order valence-electron chi connectivity index (χ4n) is 2.19. The lowest BCUT2D eigenvalue weighted by atomic mass is 10.1. The van der Waals surface area contributed by atoms with Gasteiger partial charge < -0.3 is 15.5 Å². The minimum absolute atomic E-state index is 0.0284. The van der Waals surface area contributed by atoms with Crippen LogP contribution in [0.1, 0.15) is 35.5 Å². The Morgan fingerprint density at radius 1 is 1.45 bits per heavy atom. The van der Waals surface area contributed by atoms with Crippen LogP contribution in [0.15, 0.2) is 6.33 Å². The molecule has 0 aliphatic carbocycles. The molecule has 2 aromatic heterocycles. The Hall–Kier alpha value is -1.73. The van der Waals surface area contributed by atoms with Gasteiger partial charge in [-0.05, 0) is 32.8 Å². The minimum atomic E-state index is -0.950. The van der Waals surface area contributed by atoms with Crippen molar-refractivity contribution in [3.63, 3.8) is 0 Å². The highest BCUT2D eigenvalue weighted by Gasteiger charge is 2.19. The third-order valence-corrected chi connectivity index (χ3v) is 4.19. The van der Waals surface area contributed by atoms with E-state index < -0.39 is 12.1 Å². The molecule has 0 aromatic carbocycles. The molecular weight excluding hydrogens is 278 g/mol. The van der Waals surface area contributed by atoms with Crippen molar-refractivity contribution in [3.8, 4) is 0 Å². The van der Waals surface area contributed by atoms with Gasteiger partial charge in [0.15, 0.2) is 0 Å². The van der Waals surface area contributed by atoms with E-state index >= 15 is 0 Å². The van der Waals surface area contributed by atoms with Gasteiger partial charge in [0.25, 0.3) is 0 Å². The number of hydrogen-bond donors (Lipinski definition) is 3.